The zero-order chi connectivity index (χ0) is 19.2. The van der Waals surface area contributed by atoms with Gasteiger partial charge >= 0.3 is 0 Å². The summed E-state index contributed by atoms with van der Waals surface area (Å²) < 4.78 is 24.5. The number of hydrogen-bond donors (Lipinski definition) is 0. The van der Waals surface area contributed by atoms with Gasteiger partial charge in [0.2, 0.25) is 0 Å². The first kappa shape index (κ1) is 18.3. The number of Topliss-reactive ketones (excluding diaryl/α,β-unsaturated/α-hetero) is 1. The average Bonchev–Trinajstić information content (AvgIpc) is 3.39. The molecule has 0 radical (unpaired) electrons. The minimum Gasteiger partial charge on any atom is -0.348 e. The predicted molar refractivity (Wildman–Crippen MR) is 101 cm³/mol. The van der Waals surface area contributed by atoms with Crippen molar-refractivity contribution in [3.8, 4) is 0 Å². The Morgan fingerprint density at radius 1 is 0.821 bits per heavy atom. The molecule has 6 aliphatic rings. The molecule has 28 heavy (non-hydrogen) atoms. The lowest BCUT2D eigenvalue weighted by atomic mass is 9.44. The summed E-state index contributed by atoms with van der Waals surface area (Å²) in [5, 5.41) is 0. The molecule has 2 heterocycles. The molecule has 0 amide bonds. The molecule has 0 aromatic rings. The molecule has 2 spiro atoms. The number of ketones is 1. The molecule has 0 bridgehead atoms. The van der Waals surface area contributed by atoms with Crippen LogP contribution < -0.4 is 0 Å². The third-order valence-electron chi connectivity index (χ3n) is 10.1. The largest absolute Gasteiger partial charge is 0.348 e. The van der Waals surface area contributed by atoms with Crippen LogP contribution in [0.1, 0.15) is 65.2 Å². The second-order valence-electron chi connectivity index (χ2n) is 10.9. The maximum absolute atomic E-state index is 13.6. The van der Waals surface area contributed by atoms with Crippen LogP contribution in [-0.2, 0) is 23.7 Å². The van der Waals surface area contributed by atoms with Gasteiger partial charge in [-0.15, -0.1) is 0 Å². The fourth-order valence-electron chi connectivity index (χ4n) is 8.52. The number of carbonyl (C=O) groups is 1. The lowest BCUT2D eigenvalue weighted by molar-refractivity contribution is -0.253. The van der Waals surface area contributed by atoms with Crippen LogP contribution in [0.15, 0.2) is 0 Å². The van der Waals surface area contributed by atoms with Crippen molar-refractivity contribution >= 4 is 5.78 Å². The fraction of sp³-hybridized carbons (Fsp3) is 0.957. The van der Waals surface area contributed by atoms with Gasteiger partial charge in [0.1, 0.15) is 5.78 Å². The van der Waals surface area contributed by atoms with Gasteiger partial charge in [-0.25, -0.2) is 0 Å². The quantitative estimate of drug-likeness (QED) is 0.631. The Morgan fingerprint density at radius 2 is 1.50 bits per heavy atom. The second kappa shape index (κ2) is 5.81. The van der Waals surface area contributed by atoms with Crippen LogP contribution in [0, 0.1) is 34.5 Å². The van der Waals surface area contributed by atoms with Gasteiger partial charge in [0.05, 0.1) is 26.4 Å². The topological polar surface area (TPSA) is 54.0 Å². The van der Waals surface area contributed by atoms with Crippen LogP contribution in [0.2, 0.25) is 0 Å². The Kier molecular flexibility index (Phi) is 3.79. The second-order valence-corrected chi connectivity index (χ2v) is 10.9. The zero-order valence-electron chi connectivity index (χ0n) is 17.3. The van der Waals surface area contributed by atoms with E-state index in [1.165, 1.54) is 0 Å². The predicted octanol–water partition coefficient (Wildman–Crippen LogP) is 3.69. The highest BCUT2D eigenvalue weighted by molar-refractivity contribution is 5.83. The van der Waals surface area contributed by atoms with Gasteiger partial charge in [-0.05, 0) is 48.9 Å². The van der Waals surface area contributed by atoms with E-state index in [4.69, 9.17) is 18.9 Å². The third kappa shape index (κ3) is 2.15. The van der Waals surface area contributed by atoms with Gasteiger partial charge in [0.15, 0.2) is 11.6 Å². The molecule has 0 aromatic heterocycles. The molecule has 0 aromatic carbocycles. The van der Waals surface area contributed by atoms with Gasteiger partial charge in [-0.2, -0.15) is 0 Å². The van der Waals surface area contributed by atoms with Crippen molar-refractivity contribution in [2.24, 2.45) is 34.5 Å². The van der Waals surface area contributed by atoms with Crippen molar-refractivity contribution in [3.05, 3.63) is 0 Å². The van der Waals surface area contributed by atoms with Crippen LogP contribution in [-0.4, -0.2) is 43.8 Å². The van der Waals surface area contributed by atoms with E-state index < -0.39 is 11.6 Å². The number of ether oxygens (including phenoxy) is 4. The SMILES string of the molecule is C[C@]12CCC3(CC1CC(=O)[C@@H]1[C@@H]2CC[C@@]2(C)[C@H]1CCC21OCCO1)OCCO3. The molecule has 156 valence electrons. The third-order valence-corrected chi connectivity index (χ3v) is 10.1. The van der Waals surface area contributed by atoms with Gasteiger partial charge in [0.25, 0.3) is 0 Å². The van der Waals surface area contributed by atoms with Crippen molar-refractivity contribution in [1.82, 2.24) is 0 Å². The first-order valence-corrected chi connectivity index (χ1v) is 11.5. The van der Waals surface area contributed by atoms with E-state index in [0.717, 1.165) is 44.9 Å². The number of fused-ring (bicyclic) bond motifs is 6. The van der Waals surface area contributed by atoms with Crippen LogP contribution in [0.4, 0.5) is 0 Å². The molecule has 2 aliphatic heterocycles. The van der Waals surface area contributed by atoms with Crippen molar-refractivity contribution in [2.75, 3.05) is 26.4 Å². The van der Waals surface area contributed by atoms with Crippen LogP contribution >= 0.6 is 0 Å². The molecule has 0 N–H and O–H groups in total. The lowest BCUT2D eigenvalue weighted by Crippen LogP contribution is -2.60. The highest BCUT2D eigenvalue weighted by atomic mass is 16.7. The van der Waals surface area contributed by atoms with E-state index in [-0.39, 0.29) is 16.7 Å². The van der Waals surface area contributed by atoms with E-state index in [1.54, 1.807) is 0 Å². The summed E-state index contributed by atoms with van der Waals surface area (Å²) in [7, 11) is 0. The molecule has 6 fully saturated rings. The Morgan fingerprint density at radius 3 is 2.25 bits per heavy atom. The first-order valence-electron chi connectivity index (χ1n) is 11.5. The van der Waals surface area contributed by atoms with Crippen molar-refractivity contribution < 1.29 is 23.7 Å². The Hall–Kier alpha value is -0.490. The summed E-state index contributed by atoms with van der Waals surface area (Å²) in [5.41, 5.74) is 0.213. The lowest BCUT2D eigenvalue weighted by Gasteiger charge is -2.61. The molecule has 6 atom stereocenters. The molecule has 5 nitrogen and oxygen atoms in total. The maximum atomic E-state index is 13.6. The molecule has 1 unspecified atom stereocenters. The van der Waals surface area contributed by atoms with Crippen molar-refractivity contribution in [2.45, 2.75) is 76.8 Å². The van der Waals surface area contributed by atoms with Gasteiger partial charge in [-0.3, -0.25) is 4.79 Å². The van der Waals surface area contributed by atoms with Crippen molar-refractivity contribution in [3.63, 3.8) is 0 Å². The van der Waals surface area contributed by atoms with E-state index in [0.29, 0.717) is 56.4 Å². The Bertz CT molecular complexity index is 678. The van der Waals surface area contributed by atoms with Gasteiger partial charge < -0.3 is 18.9 Å². The summed E-state index contributed by atoms with van der Waals surface area (Å²) in [5.74, 6) is 1.15. The van der Waals surface area contributed by atoms with Gasteiger partial charge in [0, 0.05) is 37.0 Å². The highest BCUT2D eigenvalue weighted by Crippen LogP contribution is 2.69. The van der Waals surface area contributed by atoms with E-state index in [1.807, 2.05) is 0 Å². The Labute approximate surface area is 167 Å². The highest BCUT2D eigenvalue weighted by Gasteiger charge is 2.69. The normalized spacial score (nSPS) is 51.3. The summed E-state index contributed by atoms with van der Waals surface area (Å²) in [6.07, 6.45) is 7.97. The molecule has 5 heteroatoms. The van der Waals surface area contributed by atoms with Gasteiger partial charge in [-0.1, -0.05) is 13.8 Å². The molecule has 2 saturated heterocycles. The Balaban J connectivity index is 1.32. The number of hydrogen-bond acceptors (Lipinski definition) is 5. The van der Waals surface area contributed by atoms with Crippen LogP contribution in [0.25, 0.3) is 0 Å². The smallest absolute Gasteiger partial charge is 0.174 e. The maximum Gasteiger partial charge on any atom is 0.174 e. The number of rotatable bonds is 0. The minimum atomic E-state index is -0.428. The van der Waals surface area contributed by atoms with Crippen molar-refractivity contribution in [1.29, 1.82) is 0 Å². The fourth-order valence-corrected chi connectivity index (χ4v) is 8.52. The summed E-state index contributed by atoms with van der Waals surface area (Å²) in [6.45, 7) is 7.62. The van der Waals surface area contributed by atoms with E-state index in [9.17, 15) is 4.79 Å². The average molecular weight is 391 g/mol. The summed E-state index contributed by atoms with van der Waals surface area (Å²) in [6, 6.07) is 0. The standard InChI is InChI=1S/C23H34O5/c1-20-7-8-22(25-9-10-26-22)14-15(20)13-18(24)19-16(20)3-5-21(2)17(19)4-6-23(21)27-11-12-28-23/h15-17,19H,3-14H2,1-2H3/t15?,16-,17-,19+,20-,21-/m0/s1. The molecule has 4 aliphatic carbocycles. The van der Waals surface area contributed by atoms with E-state index >= 15 is 0 Å². The minimum absolute atomic E-state index is 0.0168. The first-order chi connectivity index (χ1) is 13.4. The van der Waals surface area contributed by atoms with E-state index in [2.05, 4.69) is 13.8 Å². The molecular weight excluding hydrogens is 356 g/mol. The van der Waals surface area contributed by atoms with Crippen LogP contribution in [0.5, 0.6) is 0 Å². The molecule has 6 rings (SSSR count). The summed E-state index contributed by atoms with van der Waals surface area (Å²) >= 11 is 0. The zero-order valence-corrected chi connectivity index (χ0v) is 17.3. The van der Waals surface area contributed by atoms with Crippen LogP contribution in [0.3, 0.4) is 0 Å². The molecule has 4 saturated carbocycles. The monoisotopic (exact) mass is 390 g/mol. The molecular formula is C23H34O5. The number of carbonyl (C=O) groups excluding carboxylic acids is 1. The summed E-state index contributed by atoms with van der Waals surface area (Å²) in [4.78, 5) is 13.6.